The van der Waals surface area contributed by atoms with Crippen molar-refractivity contribution in [1.29, 1.82) is 0 Å². The molecule has 0 aliphatic carbocycles. The lowest BCUT2D eigenvalue weighted by molar-refractivity contribution is -0.137. The molecule has 0 aliphatic rings. The quantitative estimate of drug-likeness (QED) is 0.155. The van der Waals surface area contributed by atoms with E-state index in [0.29, 0.717) is 0 Å². The van der Waals surface area contributed by atoms with Crippen LogP contribution >= 0.6 is 12.4 Å². The molecule has 0 fully saturated rings. The van der Waals surface area contributed by atoms with Gasteiger partial charge in [-0.1, -0.05) is 0 Å². The lowest BCUT2D eigenvalue weighted by Crippen LogP contribution is -2.40. The van der Waals surface area contributed by atoms with Crippen LogP contribution in [-0.2, 0) is 9.59 Å². The molecule has 6 heteroatoms. The van der Waals surface area contributed by atoms with E-state index < -0.39 is 11.8 Å². The Morgan fingerprint density at radius 2 is 1.75 bits per heavy atom. The van der Waals surface area contributed by atoms with Crippen LogP contribution in [0, 0.1) is 0 Å². The maximum absolute atomic E-state index is 9.80. The summed E-state index contributed by atoms with van der Waals surface area (Å²) in [5, 5.41) is 0. The minimum absolute atomic E-state index is 0. The van der Waals surface area contributed by atoms with Crippen molar-refractivity contribution in [3.8, 4) is 0 Å². The summed E-state index contributed by atoms with van der Waals surface area (Å²) in [4.78, 5) is 19.5. The van der Waals surface area contributed by atoms with Crippen molar-refractivity contribution >= 4 is 24.2 Å². The zero-order valence-electron chi connectivity index (χ0n) is 3.88. The number of hydrogen-bond acceptors (Lipinski definition) is 3. The number of rotatable bonds is 0. The number of halogens is 1. The Bertz CT molecular complexity index is 103. The van der Waals surface area contributed by atoms with E-state index in [0.717, 1.165) is 0 Å². The second-order valence-electron chi connectivity index (χ2n) is 0.838. The molecule has 0 aromatic heterocycles. The largest absolute Gasteiger partial charge is 0.361 e. The first-order chi connectivity index (χ1) is 3.18. The van der Waals surface area contributed by atoms with E-state index in [1.807, 2.05) is 0 Å². The van der Waals surface area contributed by atoms with Gasteiger partial charge in [0, 0.05) is 0 Å². The fourth-order valence-electron chi connectivity index (χ4n) is 0.0711. The van der Waals surface area contributed by atoms with Crippen molar-refractivity contribution in [2.24, 2.45) is 11.6 Å². The predicted molar refractivity (Wildman–Crippen MR) is 28.8 cm³/mol. The van der Waals surface area contributed by atoms with Gasteiger partial charge in [0.2, 0.25) is 0 Å². The highest BCUT2D eigenvalue weighted by Crippen LogP contribution is 1.50. The molecular formula is C2H6ClN3O2. The summed E-state index contributed by atoms with van der Waals surface area (Å²) in [5.41, 5.74) is 5.97. The van der Waals surface area contributed by atoms with Gasteiger partial charge < -0.3 is 5.73 Å². The van der Waals surface area contributed by atoms with Gasteiger partial charge in [-0.05, 0) is 0 Å². The molecule has 8 heavy (non-hydrogen) atoms. The molecule has 48 valence electrons. The van der Waals surface area contributed by atoms with Crippen LogP contribution in [0.1, 0.15) is 0 Å². The minimum Gasteiger partial charge on any atom is -0.361 e. The number of amides is 2. The van der Waals surface area contributed by atoms with E-state index in [-0.39, 0.29) is 12.4 Å². The lowest BCUT2D eigenvalue weighted by atomic mass is 10.6. The number of nitrogens with two attached hydrogens (primary N) is 2. The molecule has 0 unspecified atom stereocenters. The number of nitrogens with one attached hydrogen (secondary N) is 1. The first-order valence-electron chi connectivity index (χ1n) is 1.49. The third-order valence-corrected chi connectivity index (χ3v) is 0.355. The Balaban J connectivity index is 0. The van der Waals surface area contributed by atoms with E-state index in [1.54, 1.807) is 5.43 Å². The van der Waals surface area contributed by atoms with Crippen LogP contribution in [0.2, 0.25) is 0 Å². The maximum atomic E-state index is 9.80. The number of hydrazine groups is 1. The summed E-state index contributed by atoms with van der Waals surface area (Å²) >= 11 is 0. The molecule has 0 saturated carbocycles. The molecule has 2 amide bonds. The Hall–Kier alpha value is -0.810. The lowest BCUT2D eigenvalue weighted by Gasteiger charge is -1.86. The highest BCUT2D eigenvalue weighted by molar-refractivity contribution is 6.34. The van der Waals surface area contributed by atoms with Crippen molar-refractivity contribution in [2.75, 3.05) is 0 Å². The molecule has 0 saturated heterocycles. The van der Waals surface area contributed by atoms with Crippen LogP contribution in [0.3, 0.4) is 0 Å². The second-order valence-corrected chi connectivity index (χ2v) is 0.838. The molecule has 0 bridgehead atoms. The van der Waals surface area contributed by atoms with Gasteiger partial charge >= 0.3 is 11.8 Å². The van der Waals surface area contributed by atoms with Gasteiger partial charge in [0.15, 0.2) is 0 Å². The monoisotopic (exact) mass is 139 g/mol. The van der Waals surface area contributed by atoms with Gasteiger partial charge in [-0.3, -0.25) is 15.0 Å². The van der Waals surface area contributed by atoms with Crippen molar-refractivity contribution in [3.05, 3.63) is 0 Å². The molecule has 0 spiro atoms. The normalized spacial score (nSPS) is 6.62. The van der Waals surface area contributed by atoms with Gasteiger partial charge in [-0.2, -0.15) is 0 Å². The number of carbonyl (C=O) groups is 2. The summed E-state index contributed by atoms with van der Waals surface area (Å²) in [6.45, 7) is 0. The van der Waals surface area contributed by atoms with E-state index in [4.69, 9.17) is 0 Å². The highest BCUT2D eigenvalue weighted by Gasteiger charge is 2.02. The number of primary amides is 1. The van der Waals surface area contributed by atoms with Crippen molar-refractivity contribution in [3.63, 3.8) is 0 Å². The van der Waals surface area contributed by atoms with Gasteiger partial charge in [0.25, 0.3) is 0 Å². The van der Waals surface area contributed by atoms with E-state index in [9.17, 15) is 9.59 Å². The fourth-order valence-corrected chi connectivity index (χ4v) is 0.0711. The molecular weight excluding hydrogens is 133 g/mol. The summed E-state index contributed by atoms with van der Waals surface area (Å²) in [6.07, 6.45) is 0. The van der Waals surface area contributed by atoms with Gasteiger partial charge in [-0.15, -0.1) is 12.4 Å². The molecule has 0 heterocycles. The number of hydrogen-bond donors (Lipinski definition) is 3. The van der Waals surface area contributed by atoms with Crippen LogP contribution in [0.15, 0.2) is 0 Å². The summed E-state index contributed by atoms with van der Waals surface area (Å²) in [7, 11) is 0. The van der Waals surface area contributed by atoms with Gasteiger partial charge in [0.1, 0.15) is 0 Å². The Labute approximate surface area is 51.8 Å². The molecule has 0 rings (SSSR count). The van der Waals surface area contributed by atoms with Crippen LogP contribution < -0.4 is 17.0 Å². The van der Waals surface area contributed by atoms with E-state index in [2.05, 4.69) is 11.6 Å². The molecule has 0 aliphatic heterocycles. The second kappa shape index (κ2) is 4.35. The average Bonchev–Trinajstić information content (AvgIpc) is 1.65. The average molecular weight is 140 g/mol. The topological polar surface area (TPSA) is 98.2 Å². The molecule has 0 aromatic rings. The Morgan fingerprint density at radius 3 is 1.75 bits per heavy atom. The highest BCUT2D eigenvalue weighted by atomic mass is 35.5. The van der Waals surface area contributed by atoms with Crippen molar-refractivity contribution < 1.29 is 9.59 Å². The maximum Gasteiger partial charge on any atom is 0.322 e. The Kier molecular flexibility index (Phi) is 5.56. The first kappa shape index (κ1) is 10.2. The van der Waals surface area contributed by atoms with E-state index >= 15 is 0 Å². The van der Waals surface area contributed by atoms with Crippen molar-refractivity contribution in [1.82, 2.24) is 5.43 Å². The molecule has 5 nitrogen and oxygen atoms in total. The zero-order valence-corrected chi connectivity index (χ0v) is 4.70. The predicted octanol–water partition coefficient (Wildman–Crippen LogP) is -2.12. The molecule has 0 atom stereocenters. The smallest absolute Gasteiger partial charge is 0.322 e. The first-order valence-corrected chi connectivity index (χ1v) is 1.49. The SMILES string of the molecule is Cl.NNC(=O)C(N)=O. The Morgan fingerprint density at radius 1 is 1.38 bits per heavy atom. The van der Waals surface area contributed by atoms with E-state index in [1.165, 1.54) is 0 Å². The number of carbonyl (C=O) groups excluding carboxylic acids is 2. The van der Waals surface area contributed by atoms with Crippen LogP contribution in [0.25, 0.3) is 0 Å². The summed E-state index contributed by atoms with van der Waals surface area (Å²) in [5.74, 6) is 2.41. The zero-order chi connectivity index (χ0) is 5.86. The van der Waals surface area contributed by atoms with Crippen LogP contribution in [0.4, 0.5) is 0 Å². The van der Waals surface area contributed by atoms with Crippen molar-refractivity contribution in [2.45, 2.75) is 0 Å². The standard InChI is InChI=1S/C2H5N3O2.ClH/c3-1(6)2(7)5-4;/h4H2,(H2,3,6)(H,5,7);1H. The fraction of sp³-hybridized carbons (Fsp3) is 0. The van der Waals surface area contributed by atoms with Gasteiger partial charge in [-0.25, -0.2) is 5.84 Å². The van der Waals surface area contributed by atoms with Gasteiger partial charge in [0.05, 0.1) is 0 Å². The van der Waals surface area contributed by atoms with Crippen LogP contribution in [-0.4, -0.2) is 11.8 Å². The molecule has 0 radical (unpaired) electrons. The summed E-state index contributed by atoms with van der Waals surface area (Å²) in [6, 6.07) is 0. The molecule has 0 aromatic carbocycles. The third-order valence-electron chi connectivity index (χ3n) is 0.355. The summed E-state index contributed by atoms with van der Waals surface area (Å²) < 4.78 is 0. The minimum atomic E-state index is -1.08. The van der Waals surface area contributed by atoms with Crippen LogP contribution in [0.5, 0.6) is 0 Å². The molecule has 5 N–H and O–H groups in total. The third kappa shape index (κ3) is 3.38.